The minimum Gasteiger partial charge on any atom is -0.454 e. The predicted octanol–water partition coefficient (Wildman–Crippen LogP) is 6.28. The first kappa shape index (κ1) is 17.1. The largest absolute Gasteiger partial charge is 0.454 e. The maximum absolute atomic E-state index is 6.09. The third kappa shape index (κ3) is 3.19. The number of nitrogens with zero attached hydrogens (tertiary/aromatic N) is 2. The Bertz CT molecular complexity index is 1230. The summed E-state index contributed by atoms with van der Waals surface area (Å²) < 4.78 is 16.5. The van der Waals surface area contributed by atoms with Crippen molar-refractivity contribution < 1.29 is 13.9 Å². The highest BCUT2D eigenvalue weighted by Crippen LogP contribution is 2.33. The number of aliphatic imine (C=N–C) groups is 1. The summed E-state index contributed by atoms with van der Waals surface area (Å²) in [6.07, 6.45) is 1.77. The zero-order valence-electron chi connectivity index (χ0n) is 14.4. The van der Waals surface area contributed by atoms with E-state index in [0.717, 1.165) is 28.3 Å². The van der Waals surface area contributed by atoms with Gasteiger partial charge in [-0.3, -0.25) is 4.99 Å². The van der Waals surface area contributed by atoms with Gasteiger partial charge in [-0.2, -0.15) is 0 Å². The molecule has 1 aliphatic rings. The Morgan fingerprint density at radius 3 is 2.68 bits per heavy atom. The van der Waals surface area contributed by atoms with Crippen LogP contribution in [-0.2, 0) is 0 Å². The molecule has 1 aromatic heterocycles. The normalized spacial score (nSPS) is 12.9. The van der Waals surface area contributed by atoms with Crippen LogP contribution < -0.4 is 9.47 Å². The number of oxazole rings is 1. The molecule has 7 heteroatoms. The Balaban J connectivity index is 1.44. The van der Waals surface area contributed by atoms with E-state index < -0.39 is 0 Å². The molecule has 5 rings (SSSR count). The van der Waals surface area contributed by atoms with Gasteiger partial charge in [0.05, 0.1) is 15.7 Å². The second-order valence-electron chi connectivity index (χ2n) is 6.17. The van der Waals surface area contributed by atoms with Crippen LogP contribution in [0.15, 0.2) is 64.0 Å². The lowest BCUT2D eigenvalue weighted by Gasteiger charge is -1.97. The van der Waals surface area contributed by atoms with E-state index in [1.54, 1.807) is 18.3 Å². The van der Waals surface area contributed by atoms with Crippen molar-refractivity contribution in [2.45, 2.75) is 0 Å². The second-order valence-corrected chi connectivity index (χ2v) is 6.99. The Morgan fingerprint density at radius 2 is 1.79 bits per heavy atom. The Morgan fingerprint density at radius 1 is 0.893 bits per heavy atom. The third-order valence-corrected chi connectivity index (χ3v) is 5.04. The van der Waals surface area contributed by atoms with Crippen LogP contribution in [0.4, 0.5) is 5.69 Å². The summed E-state index contributed by atoms with van der Waals surface area (Å²) in [5.74, 6) is 1.95. The van der Waals surface area contributed by atoms with Gasteiger partial charge in [0.15, 0.2) is 17.1 Å². The zero-order chi connectivity index (χ0) is 19.1. The van der Waals surface area contributed by atoms with E-state index in [2.05, 4.69) is 9.98 Å². The van der Waals surface area contributed by atoms with Crippen molar-refractivity contribution in [1.82, 2.24) is 4.98 Å². The van der Waals surface area contributed by atoms with Crippen LogP contribution in [0.2, 0.25) is 10.0 Å². The molecule has 4 aromatic rings. The van der Waals surface area contributed by atoms with Crippen LogP contribution in [0.25, 0.3) is 22.6 Å². The lowest BCUT2D eigenvalue weighted by molar-refractivity contribution is 0.174. The molecule has 138 valence electrons. The number of rotatable bonds is 3. The van der Waals surface area contributed by atoms with Crippen molar-refractivity contribution in [1.29, 1.82) is 0 Å². The lowest BCUT2D eigenvalue weighted by atomic mass is 10.2. The van der Waals surface area contributed by atoms with Gasteiger partial charge in [0, 0.05) is 11.8 Å². The van der Waals surface area contributed by atoms with Crippen LogP contribution in [0.1, 0.15) is 5.56 Å². The van der Waals surface area contributed by atoms with Crippen molar-refractivity contribution in [2.24, 2.45) is 4.99 Å². The number of halogens is 2. The molecule has 0 saturated heterocycles. The fourth-order valence-electron chi connectivity index (χ4n) is 2.89. The van der Waals surface area contributed by atoms with E-state index in [9.17, 15) is 0 Å². The van der Waals surface area contributed by atoms with E-state index in [1.807, 2.05) is 42.5 Å². The fourth-order valence-corrected chi connectivity index (χ4v) is 3.19. The van der Waals surface area contributed by atoms with Crippen LogP contribution in [0, 0.1) is 0 Å². The molecule has 3 aromatic carbocycles. The Labute approximate surface area is 170 Å². The van der Waals surface area contributed by atoms with Crippen molar-refractivity contribution in [3.8, 4) is 23.0 Å². The summed E-state index contributed by atoms with van der Waals surface area (Å²) >= 11 is 12.1. The summed E-state index contributed by atoms with van der Waals surface area (Å²) in [5, 5.41) is 0.942. The van der Waals surface area contributed by atoms with Gasteiger partial charge >= 0.3 is 0 Å². The maximum atomic E-state index is 6.09. The highest BCUT2D eigenvalue weighted by molar-refractivity contribution is 6.42. The molecule has 28 heavy (non-hydrogen) atoms. The molecular formula is C21H12Cl2N2O3. The van der Waals surface area contributed by atoms with Crippen molar-refractivity contribution in [2.75, 3.05) is 6.79 Å². The highest BCUT2D eigenvalue weighted by atomic mass is 35.5. The fraction of sp³-hybridized carbons (Fsp3) is 0.0476. The molecule has 0 N–H and O–H groups in total. The monoisotopic (exact) mass is 410 g/mol. The number of benzene rings is 3. The minimum absolute atomic E-state index is 0.250. The maximum Gasteiger partial charge on any atom is 0.231 e. The molecule has 0 unspecified atom stereocenters. The van der Waals surface area contributed by atoms with Gasteiger partial charge in [-0.1, -0.05) is 23.2 Å². The number of hydrogen-bond donors (Lipinski definition) is 0. The standard InChI is InChI=1S/C21H12Cl2N2O3/c22-15-4-2-13(8-16(15)23)21-25-17-9-14(3-6-18(17)28-21)24-10-12-1-5-19-20(7-12)27-11-26-19/h1-10H,11H2. The first-order chi connectivity index (χ1) is 13.7. The summed E-state index contributed by atoms with van der Waals surface area (Å²) in [6.45, 7) is 0.250. The van der Waals surface area contributed by atoms with E-state index in [1.165, 1.54) is 0 Å². The smallest absolute Gasteiger partial charge is 0.231 e. The van der Waals surface area contributed by atoms with Crippen molar-refractivity contribution in [3.63, 3.8) is 0 Å². The summed E-state index contributed by atoms with van der Waals surface area (Å²) in [4.78, 5) is 9.06. The molecule has 0 atom stereocenters. The van der Waals surface area contributed by atoms with Gasteiger partial charge in [-0.15, -0.1) is 0 Å². The Hall–Kier alpha value is -3.02. The SMILES string of the molecule is Clc1ccc(-c2nc3cc(N=Cc4ccc5c(c4)OCO5)ccc3o2)cc1Cl. The first-order valence-electron chi connectivity index (χ1n) is 8.45. The second kappa shape index (κ2) is 6.86. The van der Waals surface area contributed by atoms with Gasteiger partial charge in [-0.05, 0) is 60.2 Å². The molecule has 2 heterocycles. The van der Waals surface area contributed by atoms with Crippen molar-refractivity contribution in [3.05, 3.63) is 70.2 Å². The zero-order valence-corrected chi connectivity index (χ0v) is 15.9. The molecular weight excluding hydrogens is 399 g/mol. The van der Waals surface area contributed by atoms with Gasteiger partial charge < -0.3 is 13.9 Å². The average molecular weight is 411 g/mol. The van der Waals surface area contributed by atoms with Crippen LogP contribution >= 0.6 is 23.2 Å². The van der Waals surface area contributed by atoms with Gasteiger partial charge in [0.25, 0.3) is 0 Å². The van der Waals surface area contributed by atoms with E-state index in [4.69, 9.17) is 37.1 Å². The molecule has 0 fully saturated rings. The molecule has 5 nitrogen and oxygen atoms in total. The number of aromatic nitrogens is 1. The van der Waals surface area contributed by atoms with Crippen molar-refractivity contribution >= 4 is 46.2 Å². The highest BCUT2D eigenvalue weighted by Gasteiger charge is 2.13. The van der Waals surface area contributed by atoms with Crippen LogP contribution in [0.3, 0.4) is 0 Å². The summed E-state index contributed by atoms with van der Waals surface area (Å²) in [5.41, 5.74) is 3.82. The summed E-state index contributed by atoms with van der Waals surface area (Å²) in [7, 11) is 0. The molecule has 0 radical (unpaired) electrons. The number of fused-ring (bicyclic) bond motifs is 2. The van der Waals surface area contributed by atoms with Crippen LogP contribution in [0.5, 0.6) is 11.5 Å². The van der Waals surface area contributed by atoms with E-state index in [-0.39, 0.29) is 6.79 Å². The predicted molar refractivity (Wildman–Crippen MR) is 109 cm³/mol. The van der Waals surface area contributed by atoms with E-state index >= 15 is 0 Å². The molecule has 0 aliphatic carbocycles. The van der Waals surface area contributed by atoms with Crippen LogP contribution in [-0.4, -0.2) is 18.0 Å². The Kier molecular flexibility index (Phi) is 4.19. The van der Waals surface area contributed by atoms with Gasteiger partial charge in [0.2, 0.25) is 12.7 Å². The van der Waals surface area contributed by atoms with Gasteiger partial charge in [0.1, 0.15) is 5.52 Å². The van der Waals surface area contributed by atoms with E-state index in [0.29, 0.717) is 27.0 Å². The molecule has 0 amide bonds. The minimum atomic E-state index is 0.250. The first-order valence-corrected chi connectivity index (χ1v) is 9.21. The molecule has 0 bridgehead atoms. The average Bonchev–Trinajstić information content (AvgIpc) is 3.34. The number of ether oxygens (including phenoxy) is 2. The molecule has 0 spiro atoms. The quantitative estimate of drug-likeness (QED) is 0.372. The van der Waals surface area contributed by atoms with Gasteiger partial charge in [-0.25, -0.2) is 4.98 Å². The third-order valence-electron chi connectivity index (χ3n) is 4.30. The topological polar surface area (TPSA) is 56.9 Å². The molecule has 1 aliphatic heterocycles. The lowest BCUT2D eigenvalue weighted by Crippen LogP contribution is -1.92. The summed E-state index contributed by atoms with van der Waals surface area (Å²) in [6, 6.07) is 16.5. The number of hydrogen-bond acceptors (Lipinski definition) is 5. The molecule has 0 saturated carbocycles.